The van der Waals surface area contributed by atoms with Crippen molar-refractivity contribution < 1.29 is 0 Å². The quantitative estimate of drug-likeness (QED) is 0.784. The number of hydrogen-bond acceptors (Lipinski definition) is 1. The third-order valence-corrected chi connectivity index (χ3v) is 3.56. The van der Waals surface area contributed by atoms with Crippen molar-refractivity contribution in [3.05, 3.63) is 47.0 Å². The Bertz CT molecular complexity index is 386. The molecule has 1 unspecified atom stereocenters. The Morgan fingerprint density at radius 1 is 1.24 bits per heavy atom. The van der Waals surface area contributed by atoms with Gasteiger partial charge in [0, 0.05) is 6.04 Å². The first-order chi connectivity index (χ1) is 8.15. The molecule has 1 aliphatic carbocycles. The summed E-state index contributed by atoms with van der Waals surface area (Å²) in [7, 11) is 0. The van der Waals surface area contributed by atoms with Crippen LogP contribution in [-0.4, -0.2) is 6.04 Å². The van der Waals surface area contributed by atoms with Crippen LogP contribution >= 0.6 is 0 Å². The van der Waals surface area contributed by atoms with Crippen LogP contribution in [0.15, 0.2) is 35.9 Å². The number of hydrogen-bond donors (Lipinski definition) is 1. The molecule has 1 atom stereocenters. The highest BCUT2D eigenvalue weighted by Gasteiger charge is 2.10. The van der Waals surface area contributed by atoms with Gasteiger partial charge in [-0.1, -0.05) is 49.8 Å². The van der Waals surface area contributed by atoms with Crippen molar-refractivity contribution in [2.75, 3.05) is 0 Å². The lowest BCUT2D eigenvalue weighted by Crippen LogP contribution is -2.20. The molecule has 2 N–H and O–H groups in total. The van der Waals surface area contributed by atoms with E-state index >= 15 is 0 Å². The van der Waals surface area contributed by atoms with Crippen molar-refractivity contribution in [1.82, 2.24) is 0 Å². The Kier molecular flexibility index (Phi) is 4.01. The van der Waals surface area contributed by atoms with Gasteiger partial charge in [0.15, 0.2) is 0 Å². The highest BCUT2D eigenvalue weighted by molar-refractivity contribution is 5.28. The molecule has 1 heteroatoms. The van der Waals surface area contributed by atoms with Gasteiger partial charge in [0.05, 0.1) is 0 Å². The van der Waals surface area contributed by atoms with E-state index in [1.807, 2.05) is 0 Å². The van der Waals surface area contributed by atoms with E-state index < -0.39 is 0 Å². The van der Waals surface area contributed by atoms with Crippen LogP contribution in [0, 0.1) is 0 Å². The molecule has 0 aromatic heterocycles. The zero-order valence-corrected chi connectivity index (χ0v) is 10.9. The van der Waals surface area contributed by atoms with E-state index in [-0.39, 0.29) is 6.04 Å². The predicted molar refractivity (Wildman–Crippen MR) is 74.1 cm³/mol. The van der Waals surface area contributed by atoms with Gasteiger partial charge in [-0.2, -0.15) is 0 Å². The van der Waals surface area contributed by atoms with Gasteiger partial charge >= 0.3 is 0 Å². The van der Waals surface area contributed by atoms with Crippen LogP contribution in [0.5, 0.6) is 0 Å². The molecule has 0 spiro atoms. The average Bonchev–Trinajstić information content (AvgIpc) is 2.29. The third kappa shape index (κ3) is 3.44. The molecule has 1 aromatic rings. The fourth-order valence-electron chi connectivity index (χ4n) is 2.46. The third-order valence-electron chi connectivity index (χ3n) is 3.56. The fourth-order valence-corrected chi connectivity index (χ4v) is 2.46. The fraction of sp³-hybridized carbons (Fsp3) is 0.500. The Morgan fingerprint density at radius 3 is 2.53 bits per heavy atom. The smallest absolute Gasteiger partial charge is 0.0226 e. The first-order valence-electron chi connectivity index (χ1n) is 6.69. The van der Waals surface area contributed by atoms with E-state index in [2.05, 4.69) is 44.2 Å². The molecule has 1 aliphatic rings. The van der Waals surface area contributed by atoms with E-state index in [0.717, 1.165) is 12.8 Å². The molecule has 0 fully saturated rings. The summed E-state index contributed by atoms with van der Waals surface area (Å²) in [6.07, 6.45) is 6.96. The second-order valence-electron chi connectivity index (χ2n) is 5.45. The molecular formula is C16H23N. The van der Waals surface area contributed by atoms with Crippen LogP contribution in [0.4, 0.5) is 0 Å². The van der Waals surface area contributed by atoms with Crippen molar-refractivity contribution in [1.29, 1.82) is 0 Å². The van der Waals surface area contributed by atoms with E-state index in [1.54, 1.807) is 0 Å². The standard InChI is InChI=1S/C16H23N/c1-12(2)15-8-6-13(7-9-15)10-14-4-3-5-16(17)11-14/h6-9,11-12,16H,3-5,10,17H2,1-2H3. The molecular weight excluding hydrogens is 206 g/mol. The minimum atomic E-state index is 0.286. The van der Waals surface area contributed by atoms with E-state index in [1.165, 1.54) is 29.5 Å². The van der Waals surface area contributed by atoms with Crippen molar-refractivity contribution >= 4 is 0 Å². The molecule has 0 bridgehead atoms. The zero-order chi connectivity index (χ0) is 12.3. The largest absolute Gasteiger partial charge is 0.324 e. The molecule has 0 heterocycles. The first kappa shape index (κ1) is 12.4. The van der Waals surface area contributed by atoms with Gasteiger partial charge in [0.25, 0.3) is 0 Å². The van der Waals surface area contributed by atoms with Crippen LogP contribution in [-0.2, 0) is 6.42 Å². The summed E-state index contributed by atoms with van der Waals surface area (Å²) in [6, 6.07) is 9.31. The van der Waals surface area contributed by atoms with Gasteiger partial charge in [-0.15, -0.1) is 0 Å². The number of nitrogens with two attached hydrogens (primary N) is 1. The molecule has 1 nitrogen and oxygen atoms in total. The molecule has 92 valence electrons. The van der Waals surface area contributed by atoms with Gasteiger partial charge < -0.3 is 5.73 Å². The Morgan fingerprint density at radius 2 is 1.94 bits per heavy atom. The molecule has 0 amide bonds. The van der Waals surface area contributed by atoms with E-state index in [9.17, 15) is 0 Å². The summed E-state index contributed by atoms with van der Waals surface area (Å²) in [5, 5.41) is 0. The van der Waals surface area contributed by atoms with Crippen molar-refractivity contribution in [2.24, 2.45) is 5.73 Å². The van der Waals surface area contributed by atoms with Gasteiger partial charge in [0.1, 0.15) is 0 Å². The Balaban J connectivity index is 2.04. The minimum absolute atomic E-state index is 0.286. The van der Waals surface area contributed by atoms with Crippen LogP contribution in [0.2, 0.25) is 0 Å². The summed E-state index contributed by atoms with van der Waals surface area (Å²) in [5.74, 6) is 0.617. The SMILES string of the molecule is CC(C)c1ccc(CC2=CC(N)CCC2)cc1. The zero-order valence-electron chi connectivity index (χ0n) is 10.9. The lowest BCUT2D eigenvalue weighted by atomic mass is 9.91. The summed E-state index contributed by atoms with van der Waals surface area (Å²) in [6.45, 7) is 4.47. The number of benzene rings is 1. The maximum absolute atomic E-state index is 5.97. The van der Waals surface area contributed by atoms with Crippen molar-refractivity contribution in [3.8, 4) is 0 Å². The molecule has 0 aliphatic heterocycles. The second-order valence-corrected chi connectivity index (χ2v) is 5.45. The topological polar surface area (TPSA) is 26.0 Å². The number of allylic oxidation sites excluding steroid dienone is 1. The normalized spacial score (nSPS) is 20.5. The average molecular weight is 229 g/mol. The number of rotatable bonds is 3. The lowest BCUT2D eigenvalue weighted by molar-refractivity contribution is 0.617. The van der Waals surface area contributed by atoms with Crippen LogP contribution in [0.25, 0.3) is 0 Å². The lowest BCUT2D eigenvalue weighted by Gasteiger charge is -2.18. The monoisotopic (exact) mass is 229 g/mol. The van der Waals surface area contributed by atoms with Crippen molar-refractivity contribution in [3.63, 3.8) is 0 Å². The van der Waals surface area contributed by atoms with E-state index in [0.29, 0.717) is 5.92 Å². The van der Waals surface area contributed by atoms with Gasteiger partial charge in [0.2, 0.25) is 0 Å². The van der Waals surface area contributed by atoms with Gasteiger partial charge in [-0.3, -0.25) is 0 Å². The summed E-state index contributed by atoms with van der Waals surface area (Å²) < 4.78 is 0. The van der Waals surface area contributed by atoms with Gasteiger partial charge in [-0.05, 0) is 42.7 Å². The van der Waals surface area contributed by atoms with Crippen LogP contribution < -0.4 is 5.73 Å². The predicted octanol–water partition coefficient (Wildman–Crippen LogP) is 3.79. The Labute approximate surface area is 105 Å². The van der Waals surface area contributed by atoms with Gasteiger partial charge in [-0.25, -0.2) is 0 Å². The molecule has 1 aromatic carbocycles. The maximum Gasteiger partial charge on any atom is 0.0226 e. The van der Waals surface area contributed by atoms with Crippen LogP contribution in [0.1, 0.15) is 50.2 Å². The van der Waals surface area contributed by atoms with Crippen LogP contribution in [0.3, 0.4) is 0 Å². The maximum atomic E-state index is 5.97. The summed E-state index contributed by atoms with van der Waals surface area (Å²) in [4.78, 5) is 0. The molecule has 17 heavy (non-hydrogen) atoms. The molecule has 0 radical (unpaired) electrons. The minimum Gasteiger partial charge on any atom is -0.324 e. The van der Waals surface area contributed by atoms with Crippen molar-refractivity contribution in [2.45, 2.75) is 51.5 Å². The summed E-state index contributed by atoms with van der Waals surface area (Å²) >= 11 is 0. The highest BCUT2D eigenvalue weighted by atomic mass is 14.6. The molecule has 2 rings (SSSR count). The highest BCUT2D eigenvalue weighted by Crippen LogP contribution is 2.22. The summed E-state index contributed by atoms with van der Waals surface area (Å²) in [5.41, 5.74) is 10.3. The van der Waals surface area contributed by atoms with E-state index in [4.69, 9.17) is 5.73 Å². The Hall–Kier alpha value is -1.08. The molecule has 0 saturated carbocycles. The first-order valence-corrected chi connectivity index (χ1v) is 6.69. The molecule has 0 saturated heterocycles. The second kappa shape index (κ2) is 5.50.